The van der Waals surface area contributed by atoms with Gasteiger partial charge in [0.2, 0.25) is 0 Å². The summed E-state index contributed by atoms with van der Waals surface area (Å²) in [6.45, 7) is 0. The normalized spacial score (nSPS) is 10.6. The van der Waals surface area contributed by atoms with E-state index in [2.05, 4.69) is 4.99 Å². The molecule has 28 heavy (non-hydrogen) atoms. The van der Waals surface area contributed by atoms with Gasteiger partial charge in [-0.15, -0.1) is 0 Å². The highest BCUT2D eigenvalue weighted by atomic mass is 16.6. The number of aliphatic carboxylic acids is 2. The topological polar surface area (TPSA) is 263 Å². The van der Waals surface area contributed by atoms with E-state index in [1.165, 1.54) is 0 Å². The molecule has 0 bridgehead atoms. The van der Waals surface area contributed by atoms with Crippen molar-refractivity contribution in [1.82, 2.24) is 0 Å². The van der Waals surface area contributed by atoms with Crippen molar-refractivity contribution in [1.29, 1.82) is 0 Å². The number of carbonyl (C=O) groups is 3. The van der Waals surface area contributed by atoms with Crippen LogP contribution in [0, 0.1) is 20.2 Å². The van der Waals surface area contributed by atoms with Gasteiger partial charge >= 0.3 is 29.3 Å². The first-order valence-electron chi connectivity index (χ1n) is 7.06. The Kier molecular flexibility index (Phi) is 9.00. The molecule has 0 aliphatic carbocycles. The highest BCUT2D eigenvalue weighted by Crippen LogP contribution is 2.27. The Balaban J connectivity index is 0.000000528. The number of hydrogen-bond donors (Lipinski definition) is 5. The summed E-state index contributed by atoms with van der Waals surface area (Å²) in [4.78, 5) is 53.2. The first-order valence-corrected chi connectivity index (χ1v) is 7.06. The van der Waals surface area contributed by atoms with Crippen LogP contribution in [0.2, 0.25) is 0 Å². The van der Waals surface area contributed by atoms with Gasteiger partial charge in [0.15, 0.2) is 12.0 Å². The molecule has 0 aromatic heterocycles. The molecule has 7 N–H and O–H groups in total. The van der Waals surface area contributed by atoms with Gasteiger partial charge in [-0.1, -0.05) is 0 Å². The van der Waals surface area contributed by atoms with E-state index in [0.717, 1.165) is 12.1 Å². The van der Waals surface area contributed by atoms with Crippen LogP contribution in [0.4, 0.5) is 11.4 Å². The fourth-order valence-electron chi connectivity index (χ4n) is 1.64. The van der Waals surface area contributed by atoms with Crippen LogP contribution in [-0.2, 0) is 9.59 Å². The second kappa shape index (κ2) is 10.6. The SMILES string of the molecule is NC(N)=N[C@@H](CCC(=O)O)C(=O)O.O=C(O)c1ccc([N+](=O)[O-])c([N+](=O)[O-])c1. The lowest BCUT2D eigenvalue weighted by atomic mass is 10.2. The van der Waals surface area contributed by atoms with Crippen LogP contribution >= 0.6 is 0 Å². The number of nitrogens with two attached hydrogens (primary N) is 2. The molecule has 1 aromatic rings. The molecular weight excluding hydrogens is 386 g/mol. The zero-order chi connectivity index (χ0) is 22.0. The van der Waals surface area contributed by atoms with Crippen LogP contribution in [0.15, 0.2) is 23.2 Å². The van der Waals surface area contributed by atoms with Crippen LogP contribution < -0.4 is 11.5 Å². The first-order chi connectivity index (χ1) is 12.9. The van der Waals surface area contributed by atoms with Crippen molar-refractivity contribution in [3.63, 3.8) is 0 Å². The van der Waals surface area contributed by atoms with Crippen LogP contribution in [0.1, 0.15) is 23.2 Å². The summed E-state index contributed by atoms with van der Waals surface area (Å²) in [7, 11) is 0. The fourth-order valence-corrected chi connectivity index (χ4v) is 1.64. The number of hydrogen-bond acceptors (Lipinski definition) is 8. The number of guanidine groups is 1. The number of carboxylic acid groups (broad SMARTS) is 3. The molecule has 0 aliphatic rings. The van der Waals surface area contributed by atoms with Crippen molar-refractivity contribution in [2.45, 2.75) is 18.9 Å². The molecule has 0 saturated carbocycles. The third-order valence-electron chi connectivity index (χ3n) is 2.84. The Morgan fingerprint density at radius 3 is 1.93 bits per heavy atom. The van der Waals surface area contributed by atoms with Gasteiger partial charge in [0.05, 0.1) is 15.4 Å². The van der Waals surface area contributed by atoms with Crippen LogP contribution in [-0.4, -0.2) is 55.1 Å². The molecule has 0 aliphatic heterocycles. The summed E-state index contributed by atoms with van der Waals surface area (Å²) < 4.78 is 0. The molecule has 0 radical (unpaired) electrons. The van der Waals surface area contributed by atoms with Crippen molar-refractivity contribution < 1.29 is 39.5 Å². The zero-order valence-corrected chi connectivity index (χ0v) is 13.9. The number of nitro benzene ring substituents is 2. The third kappa shape index (κ3) is 8.19. The number of carboxylic acids is 3. The lowest BCUT2D eigenvalue weighted by Gasteiger charge is -2.04. The number of nitro groups is 2. The van der Waals surface area contributed by atoms with Crippen LogP contribution in [0.3, 0.4) is 0 Å². The fraction of sp³-hybridized carbons (Fsp3) is 0.231. The van der Waals surface area contributed by atoms with Gasteiger partial charge in [0.25, 0.3) is 0 Å². The lowest BCUT2D eigenvalue weighted by Crippen LogP contribution is -2.29. The summed E-state index contributed by atoms with van der Waals surface area (Å²) in [6.07, 6.45) is -0.406. The highest BCUT2D eigenvalue weighted by Gasteiger charge is 2.25. The summed E-state index contributed by atoms with van der Waals surface area (Å²) in [6, 6.07) is 1.20. The molecule has 1 atom stereocenters. The molecule has 0 unspecified atom stereocenters. The van der Waals surface area contributed by atoms with Gasteiger partial charge in [-0.05, 0) is 12.5 Å². The molecule has 0 fully saturated rings. The van der Waals surface area contributed by atoms with Crippen LogP contribution in [0.25, 0.3) is 0 Å². The molecule has 0 amide bonds. The van der Waals surface area contributed by atoms with E-state index >= 15 is 0 Å². The molecular formula is C13H15N5O10. The molecule has 0 saturated heterocycles. The number of aliphatic imine (C=N–C) groups is 1. The summed E-state index contributed by atoms with van der Waals surface area (Å²) >= 11 is 0. The second-order valence-electron chi connectivity index (χ2n) is 4.86. The quantitative estimate of drug-likeness (QED) is 0.164. The number of nitrogens with zero attached hydrogens (tertiary/aromatic N) is 3. The molecule has 0 heterocycles. The molecule has 152 valence electrons. The summed E-state index contributed by atoms with van der Waals surface area (Å²) in [5, 5.41) is 46.1. The molecule has 1 rings (SSSR count). The molecule has 15 nitrogen and oxygen atoms in total. The Labute approximate surface area is 155 Å². The van der Waals surface area contributed by atoms with E-state index in [-0.39, 0.29) is 24.4 Å². The predicted molar refractivity (Wildman–Crippen MR) is 90.8 cm³/mol. The van der Waals surface area contributed by atoms with Gasteiger partial charge in [-0.2, -0.15) is 0 Å². The maximum absolute atomic E-state index is 10.5. The van der Waals surface area contributed by atoms with Gasteiger partial charge in [0.1, 0.15) is 0 Å². The highest BCUT2D eigenvalue weighted by molar-refractivity contribution is 5.89. The predicted octanol–water partition coefficient (Wildman–Crippen LogP) is -0.221. The summed E-state index contributed by atoms with van der Waals surface area (Å²) in [5.41, 5.74) is 7.98. The van der Waals surface area contributed by atoms with E-state index in [4.69, 9.17) is 26.8 Å². The van der Waals surface area contributed by atoms with E-state index < -0.39 is 45.2 Å². The van der Waals surface area contributed by atoms with Gasteiger partial charge in [-0.25, -0.2) is 14.6 Å². The lowest BCUT2D eigenvalue weighted by molar-refractivity contribution is -0.422. The van der Waals surface area contributed by atoms with Gasteiger partial charge in [0, 0.05) is 18.6 Å². The zero-order valence-electron chi connectivity index (χ0n) is 13.9. The summed E-state index contributed by atoms with van der Waals surface area (Å²) in [5.74, 6) is -4.07. The number of benzene rings is 1. The average molecular weight is 401 g/mol. The second-order valence-corrected chi connectivity index (χ2v) is 4.86. The maximum Gasteiger partial charge on any atom is 0.346 e. The minimum absolute atomic E-state index is 0.122. The minimum Gasteiger partial charge on any atom is -0.481 e. The van der Waals surface area contributed by atoms with Crippen molar-refractivity contribution in [2.24, 2.45) is 16.5 Å². The Morgan fingerprint density at radius 2 is 1.57 bits per heavy atom. The van der Waals surface area contributed by atoms with Gasteiger partial charge < -0.3 is 26.8 Å². The van der Waals surface area contributed by atoms with E-state index in [1.54, 1.807) is 0 Å². The van der Waals surface area contributed by atoms with Crippen molar-refractivity contribution in [3.05, 3.63) is 44.0 Å². The molecule has 15 heteroatoms. The van der Waals surface area contributed by atoms with E-state index in [1.807, 2.05) is 0 Å². The van der Waals surface area contributed by atoms with Gasteiger partial charge in [-0.3, -0.25) is 25.0 Å². The molecule has 0 spiro atoms. The number of aromatic carboxylic acids is 1. The van der Waals surface area contributed by atoms with Crippen molar-refractivity contribution in [2.75, 3.05) is 0 Å². The monoisotopic (exact) mass is 401 g/mol. The first kappa shape index (κ1) is 23.7. The maximum atomic E-state index is 10.5. The largest absolute Gasteiger partial charge is 0.481 e. The van der Waals surface area contributed by atoms with Crippen LogP contribution in [0.5, 0.6) is 0 Å². The third-order valence-corrected chi connectivity index (χ3v) is 2.84. The Hall–Kier alpha value is -4.30. The Bertz CT molecular complexity index is 818. The van der Waals surface area contributed by atoms with E-state index in [0.29, 0.717) is 6.07 Å². The van der Waals surface area contributed by atoms with Crippen molar-refractivity contribution >= 4 is 35.2 Å². The van der Waals surface area contributed by atoms with Crippen molar-refractivity contribution in [3.8, 4) is 0 Å². The average Bonchev–Trinajstić information content (AvgIpc) is 2.57. The minimum atomic E-state index is -1.38. The molecule has 1 aromatic carbocycles. The van der Waals surface area contributed by atoms with E-state index in [9.17, 15) is 34.6 Å². The number of rotatable bonds is 8. The standard InChI is InChI=1S/C7H4N2O6.C6H11N3O4/c10-7(11)4-1-2-5(8(12)13)6(3-4)9(14)15;7-6(8)9-3(5(12)13)1-2-4(10)11/h1-3H,(H,10,11);3H,1-2H2,(H,10,11)(H,12,13)(H4,7,8,9)/t;3-/m.0/s1. The smallest absolute Gasteiger partial charge is 0.346 e. The Morgan fingerprint density at radius 1 is 1.04 bits per heavy atom.